The quantitative estimate of drug-likeness (QED) is 0.0331. The highest BCUT2D eigenvalue weighted by Gasteiger charge is 2.26. The summed E-state index contributed by atoms with van der Waals surface area (Å²) in [6.07, 6.45) is 1.95. The summed E-state index contributed by atoms with van der Waals surface area (Å²) in [5.74, 6) is -2.14. The van der Waals surface area contributed by atoms with E-state index in [1.807, 2.05) is 26.2 Å². The molecule has 0 aliphatic carbocycles. The number of ether oxygens (including phenoxy) is 2. The van der Waals surface area contributed by atoms with Crippen LogP contribution >= 0.6 is 0 Å². The Hall–Kier alpha value is -3.69. The van der Waals surface area contributed by atoms with Crippen molar-refractivity contribution < 1.29 is 29.1 Å². The summed E-state index contributed by atoms with van der Waals surface area (Å²) in [4.78, 5) is 48.9. The SMILES string of the molecule is C=C(NCCCC(N)C(=O)OCOC(=O)C(CCCN=C(N)N[N+](=O)[O-])CC(C)(C)C)N[N+](=O)[O-]. The lowest BCUT2D eigenvalue weighted by atomic mass is 9.83. The van der Waals surface area contributed by atoms with Gasteiger partial charge in [-0.2, -0.15) is 0 Å². The van der Waals surface area contributed by atoms with Gasteiger partial charge in [-0.1, -0.05) is 38.2 Å². The van der Waals surface area contributed by atoms with Crippen LogP contribution in [-0.4, -0.2) is 53.9 Å². The number of esters is 2. The van der Waals surface area contributed by atoms with Gasteiger partial charge in [0, 0.05) is 13.1 Å². The summed E-state index contributed by atoms with van der Waals surface area (Å²) in [5, 5.41) is 21.7. The van der Waals surface area contributed by atoms with E-state index < -0.39 is 40.8 Å². The fraction of sp³-hybridized carbons (Fsp3) is 0.737. The summed E-state index contributed by atoms with van der Waals surface area (Å²) < 4.78 is 10.0. The van der Waals surface area contributed by atoms with Gasteiger partial charge < -0.3 is 26.3 Å². The van der Waals surface area contributed by atoms with Crippen molar-refractivity contribution >= 4 is 17.9 Å². The minimum Gasteiger partial charge on any atom is -0.428 e. The van der Waals surface area contributed by atoms with Crippen LogP contribution in [0.5, 0.6) is 0 Å². The second-order valence-electron chi connectivity index (χ2n) is 8.81. The molecule has 0 saturated heterocycles. The normalized spacial score (nSPS) is 13.2. The molecule has 0 aromatic heterocycles. The predicted molar refractivity (Wildman–Crippen MR) is 125 cm³/mol. The number of carbonyl (C=O) groups is 2. The summed E-state index contributed by atoms with van der Waals surface area (Å²) in [5.41, 5.74) is 14.5. The first-order chi connectivity index (χ1) is 16.2. The van der Waals surface area contributed by atoms with Gasteiger partial charge in [0.15, 0.2) is 15.9 Å². The molecule has 0 aromatic rings. The van der Waals surface area contributed by atoms with Crippen molar-refractivity contribution in [2.24, 2.45) is 27.8 Å². The summed E-state index contributed by atoms with van der Waals surface area (Å²) in [6.45, 7) is 9.16. The van der Waals surface area contributed by atoms with Gasteiger partial charge in [0.05, 0.1) is 5.92 Å². The van der Waals surface area contributed by atoms with Crippen molar-refractivity contribution in [1.29, 1.82) is 0 Å². The average molecular weight is 505 g/mol. The van der Waals surface area contributed by atoms with Crippen molar-refractivity contribution in [1.82, 2.24) is 16.2 Å². The Morgan fingerprint density at radius 2 is 1.66 bits per heavy atom. The monoisotopic (exact) mass is 504 g/mol. The van der Waals surface area contributed by atoms with Crippen LogP contribution in [0.3, 0.4) is 0 Å². The lowest BCUT2D eigenvalue weighted by Gasteiger charge is -2.24. The van der Waals surface area contributed by atoms with Crippen molar-refractivity contribution in [3.05, 3.63) is 32.6 Å². The Balaban J connectivity index is 4.45. The highest BCUT2D eigenvalue weighted by atomic mass is 16.7. The van der Waals surface area contributed by atoms with Crippen LogP contribution < -0.4 is 27.6 Å². The number of nitro groups is 2. The largest absolute Gasteiger partial charge is 0.428 e. The maximum Gasteiger partial charge on any atom is 0.325 e. The molecule has 2 atom stereocenters. The number of nitrogens with one attached hydrogen (secondary N) is 3. The third-order valence-corrected chi connectivity index (χ3v) is 4.35. The standard InChI is InChI=1S/C19H36N8O8/c1-13(24-26(30)31)22-9-6-8-15(20)17(29)35-12-34-16(28)14(11-19(2,3)4)7-5-10-23-18(21)25-27(32)33/h14-15,22,24H,1,5-12,20H2,2-4H3,(H3,21,23,25). The molecule has 0 fully saturated rings. The highest BCUT2D eigenvalue weighted by molar-refractivity contribution is 5.76. The molecule has 7 N–H and O–H groups in total. The maximum absolute atomic E-state index is 12.5. The second kappa shape index (κ2) is 16.0. The van der Waals surface area contributed by atoms with Crippen molar-refractivity contribution in [2.75, 3.05) is 19.9 Å². The fourth-order valence-corrected chi connectivity index (χ4v) is 2.91. The van der Waals surface area contributed by atoms with Crippen LogP contribution in [0, 0.1) is 31.6 Å². The molecule has 16 heteroatoms. The Labute approximate surface area is 203 Å². The Morgan fingerprint density at radius 1 is 1.06 bits per heavy atom. The molecule has 0 amide bonds. The first kappa shape index (κ1) is 31.3. The van der Waals surface area contributed by atoms with Gasteiger partial charge in [-0.25, -0.2) is 25.2 Å². The van der Waals surface area contributed by atoms with Crippen molar-refractivity contribution in [3.63, 3.8) is 0 Å². The Morgan fingerprint density at radius 3 is 2.23 bits per heavy atom. The Bertz CT molecular complexity index is 768. The maximum atomic E-state index is 12.5. The van der Waals surface area contributed by atoms with E-state index in [2.05, 4.69) is 16.9 Å². The lowest BCUT2D eigenvalue weighted by molar-refractivity contribution is -0.536. The summed E-state index contributed by atoms with van der Waals surface area (Å²) in [7, 11) is 0. The molecule has 2 unspecified atom stereocenters. The molecule has 0 saturated carbocycles. The van der Waals surface area contributed by atoms with Gasteiger partial charge in [0.2, 0.25) is 6.79 Å². The molecule has 0 bridgehead atoms. The van der Waals surface area contributed by atoms with Crippen LogP contribution in [-0.2, 0) is 19.1 Å². The molecule has 200 valence electrons. The molecule has 0 spiro atoms. The van der Waals surface area contributed by atoms with Crippen molar-refractivity contribution in [2.45, 2.75) is 58.9 Å². The van der Waals surface area contributed by atoms with E-state index in [9.17, 15) is 29.8 Å². The predicted octanol–water partition coefficient (Wildman–Crippen LogP) is -0.0915. The summed E-state index contributed by atoms with van der Waals surface area (Å²) in [6, 6.07) is -0.964. The molecule has 0 aliphatic heterocycles. The third-order valence-electron chi connectivity index (χ3n) is 4.35. The van der Waals surface area contributed by atoms with E-state index in [4.69, 9.17) is 20.9 Å². The van der Waals surface area contributed by atoms with E-state index in [1.54, 1.807) is 5.43 Å². The van der Waals surface area contributed by atoms with Gasteiger partial charge in [-0.05, 0) is 37.5 Å². The van der Waals surface area contributed by atoms with Gasteiger partial charge in [-0.15, -0.1) is 0 Å². The van der Waals surface area contributed by atoms with Crippen LogP contribution in [0.1, 0.15) is 52.9 Å². The molecule has 0 rings (SSSR count). The first-order valence-corrected chi connectivity index (χ1v) is 10.8. The van der Waals surface area contributed by atoms with Crippen LogP contribution in [0.25, 0.3) is 0 Å². The van der Waals surface area contributed by atoms with Crippen LogP contribution in [0.2, 0.25) is 0 Å². The molecule has 0 aliphatic rings. The number of nitrogens with two attached hydrogens (primary N) is 2. The van der Waals surface area contributed by atoms with Gasteiger partial charge in [0.25, 0.3) is 5.96 Å². The van der Waals surface area contributed by atoms with E-state index in [-0.39, 0.29) is 30.2 Å². The zero-order valence-electron chi connectivity index (χ0n) is 20.3. The van der Waals surface area contributed by atoms with Gasteiger partial charge in [0.1, 0.15) is 6.04 Å². The Kier molecular flexibility index (Phi) is 14.3. The zero-order chi connectivity index (χ0) is 27.0. The van der Waals surface area contributed by atoms with Gasteiger partial charge in [-0.3, -0.25) is 9.59 Å². The molecular formula is C19H36N8O8. The minimum absolute atomic E-state index is 0.00590. The fourth-order valence-electron chi connectivity index (χ4n) is 2.91. The second-order valence-corrected chi connectivity index (χ2v) is 8.81. The number of aliphatic imine (C=N–C) groups is 1. The van der Waals surface area contributed by atoms with E-state index in [1.165, 1.54) is 0 Å². The number of rotatable bonds is 17. The van der Waals surface area contributed by atoms with Gasteiger partial charge >= 0.3 is 11.9 Å². The number of hydrogen-bond acceptors (Lipinski definition) is 11. The highest BCUT2D eigenvalue weighted by Crippen LogP contribution is 2.28. The zero-order valence-corrected chi connectivity index (χ0v) is 20.3. The van der Waals surface area contributed by atoms with Crippen molar-refractivity contribution in [3.8, 4) is 0 Å². The first-order valence-electron chi connectivity index (χ1n) is 10.8. The number of hydrazine groups is 2. The topological polar surface area (TPSA) is 239 Å². The average Bonchev–Trinajstić information content (AvgIpc) is 2.71. The van der Waals surface area contributed by atoms with E-state index in [0.717, 1.165) is 0 Å². The van der Waals surface area contributed by atoms with E-state index in [0.29, 0.717) is 32.2 Å². The number of hydrogen-bond donors (Lipinski definition) is 5. The summed E-state index contributed by atoms with van der Waals surface area (Å²) >= 11 is 0. The number of nitrogens with zero attached hydrogens (tertiary/aromatic N) is 3. The minimum atomic E-state index is -0.964. The molecule has 0 aromatic carbocycles. The number of guanidine groups is 1. The molecule has 35 heavy (non-hydrogen) atoms. The third kappa shape index (κ3) is 17.5. The van der Waals surface area contributed by atoms with Crippen LogP contribution in [0.4, 0.5) is 0 Å². The lowest BCUT2D eigenvalue weighted by Crippen LogP contribution is -2.36. The molecule has 0 radical (unpaired) electrons. The molecule has 16 nitrogen and oxygen atoms in total. The molecular weight excluding hydrogens is 468 g/mol. The molecule has 0 heterocycles. The van der Waals surface area contributed by atoms with Crippen LogP contribution in [0.15, 0.2) is 17.4 Å². The number of carbonyl (C=O) groups excluding carboxylic acids is 2. The van der Waals surface area contributed by atoms with E-state index >= 15 is 0 Å². The smallest absolute Gasteiger partial charge is 0.325 e.